The summed E-state index contributed by atoms with van der Waals surface area (Å²) >= 11 is 0. The maximum absolute atomic E-state index is 12.8. The number of carbonyl (C=O) groups is 1. The van der Waals surface area contributed by atoms with Crippen LogP contribution in [-0.4, -0.2) is 62.2 Å². The highest BCUT2D eigenvalue weighted by molar-refractivity contribution is 7.86. The number of hydrogen-bond acceptors (Lipinski definition) is 4. The van der Waals surface area contributed by atoms with Gasteiger partial charge in [-0.05, 0) is 31.6 Å². The Hall–Kier alpha value is -0.410. The molecule has 0 aromatic heterocycles. The fraction of sp³-hybridized carbons (Fsp3) is 0.929. The molecule has 0 spiro atoms. The van der Waals surface area contributed by atoms with Gasteiger partial charge in [0.05, 0.1) is 5.92 Å². The predicted molar refractivity (Wildman–Crippen MR) is 92.5 cm³/mol. The van der Waals surface area contributed by atoms with Gasteiger partial charge in [0.1, 0.15) is 0 Å². The van der Waals surface area contributed by atoms with Crippen molar-refractivity contribution in [3.05, 3.63) is 0 Å². The summed E-state index contributed by atoms with van der Waals surface area (Å²) < 4.78 is 28.6. The third-order valence-corrected chi connectivity index (χ3v) is 6.44. The SMILES string of the molecule is CC1CCCN(S(=O)(=O)N2CCCC(C(=O)NCCN)C2)C1.Cl. The molecular weight excluding hydrogens is 340 g/mol. The number of hydrogen-bond donors (Lipinski definition) is 2. The van der Waals surface area contributed by atoms with E-state index in [9.17, 15) is 13.2 Å². The van der Waals surface area contributed by atoms with Gasteiger partial charge in [0.25, 0.3) is 10.2 Å². The van der Waals surface area contributed by atoms with Crippen molar-refractivity contribution in [1.82, 2.24) is 13.9 Å². The lowest BCUT2D eigenvalue weighted by Gasteiger charge is -2.37. The van der Waals surface area contributed by atoms with Crippen LogP contribution in [0.1, 0.15) is 32.6 Å². The molecule has 2 aliphatic rings. The summed E-state index contributed by atoms with van der Waals surface area (Å²) in [6.07, 6.45) is 3.45. The van der Waals surface area contributed by atoms with Gasteiger partial charge in [-0.2, -0.15) is 17.0 Å². The van der Waals surface area contributed by atoms with Crippen molar-refractivity contribution in [3.63, 3.8) is 0 Å². The zero-order valence-electron chi connectivity index (χ0n) is 13.7. The molecule has 2 unspecified atom stereocenters. The zero-order valence-corrected chi connectivity index (χ0v) is 15.4. The van der Waals surface area contributed by atoms with Crippen molar-refractivity contribution in [2.24, 2.45) is 17.6 Å². The quantitative estimate of drug-likeness (QED) is 0.723. The molecule has 1 amide bonds. The van der Waals surface area contributed by atoms with Crippen LogP contribution in [0.25, 0.3) is 0 Å². The third kappa shape index (κ3) is 5.29. The minimum Gasteiger partial charge on any atom is -0.355 e. The molecule has 2 fully saturated rings. The summed E-state index contributed by atoms with van der Waals surface area (Å²) in [6.45, 7) is 4.88. The molecule has 2 atom stereocenters. The van der Waals surface area contributed by atoms with Crippen LogP contribution in [0.3, 0.4) is 0 Å². The third-order valence-electron chi connectivity index (χ3n) is 4.47. The van der Waals surface area contributed by atoms with Crippen LogP contribution in [0.4, 0.5) is 0 Å². The Morgan fingerprint density at radius 2 is 1.78 bits per heavy atom. The lowest BCUT2D eigenvalue weighted by molar-refractivity contribution is -0.126. The molecule has 2 aliphatic heterocycles. The summed E-state index contributed by atoms with van der Waals surface area (Å²) in [6, 6.07) is 0. The zero-order chi connectivity index (χ0) is 16.2. The number of nitrogens with one attached hydrogen (secondary N) is 1. The molecule has 0 bridgehead atoms. The van der Waals surface area contributed by atoms with Crippen molar-refractivity contribution in [2.75, 3.05) is 39.3 Å². The summed E-state index contributed by atoms with van der Waals surface area (Å²) in [5.74, 6) is 0.0478. The highest BCUT2D eigenvalue weighted by atomic mass is 35.5. The van der Waals surface area contributed by atoms with Gasteiger partial charge in [-0.25, -0.2) is 0 Å². The summed E-state index contributed by atoms with van der Waals surface area (Å²) in [5, 5.41) is 2.76. The van der Waals surface area contributed by atoms with Crippen molar-refractivity contribution in [1.29, 1.82) is 0 Å². The monoisotopic (exact) mass is 368 g/mol. The maximum Gasteiger partial charge on any atom is 0.282 e. The Balaban J connectivity index is 0.00000264. The summed E-state index contributed by atoms with van der Waals surface area (Å²) in [5.41, 5.74) is 5.39. The fourth-order valence-corrected chi connectivity index (χ4v) is 5.08. The Morgan fingerprint density at radius 3 is 2.39 bits per heavy atom. The van der Waals surface area contributed by atoms with Crippen molar-refractivity contribution < 1.29 is 13.2 Å². The largest absolute Gasteiger partial charge is 0.355 e. The molecular formula is C14H29ClN4O3S. The predicted octanol–water partition coefficient (Wildman–Crippen LogP) is 0.172. The van der Waals surface area contributed by atoms with Gasteiger partial charge in [0.15, 0.2) is 0 Å². The molecule has 0 saturated carbocycles. The number of nitrogens with two attached hydrogens (primary N) is 1. The molecule has 2 heterocycles. The second-order valence-corrected chi connectivity index (χ2v) is 8.32. The molecule has 2 rings (SSSR count). The van der Waals surface area contributed by atoms with Crippen molar-refractivity contribution in [3.8, 4) is 0 Å². The highest BCUT2D eigenvalue weighted by Crippen LogP contribution is 2.25. The van der Waals surface area contributed by atoms with Gasteiger partial charge >= 0.3 is 0 Å². The van der Waals surface area contributed by atoms with Crippen LogP contribution in [0.2, 0.25) is 0 Å². The van der Waals surface area contributed by atoms with Gasteiger partial charge in [-0.15, -0.1) is 12.4 Å². The first kappa shape index (κ1) is 20.6. The second-order valence-electron chi connectivity index (χ2n) is 6.39. The molecule has 136 valence electrons. The molecule has 7 nitrogen and oxygen atoms in total. The molecule has 0 radical (unpaired) electrons. The average Bonchev–Trinajstić information content (AvgIpc) is 2.52. The van der Waals surface area contributed by atoms with E-state index >= 15 is 0 Å². The first-order valence-corrected chi connectivity index (χ1v) is 9.58. The van der Waals surface area contributed by atoms with Crippen LogP contribution >= 0.6 is 12.4 Å². The van der Waals surface area contributed by atoms with Crippen LogP contribution in [0.5, 0.6) is 0 Å². The molecule has 0 aliphatic carbocycles. The standard InChI is InChI=1S/C14H28N4O3S.ClH/c1-12-4-2-8-17(10-12)22(20,21)18-9-3-5-13(11-18)14(19)16-7-6-15;/h12-13H,2-11,15H2,1H3,(H,16,19);1H. The Morgan fingerprint density at radius 1 is 1.17 bits per heavy atom. The van der Waals surface area contributed by atoms with E-state index in [1.54, 1.807) is 4.31 Å². The van der Waals surface area contributed by atoms with E-state index in [-0.39, 0.29) is 30.8 Å². The van der Waals surface area contributed by atoms with Crippen LogP contribution < -0.4 is 11.1 Å². The van der Waals surface area contributed by atoms with Gasteiger partial charge < -0.3 is 11.1 Å². The smallest absolute Gasteiger partial charge is 0.282 e. The molecule has 9 heteroatoms. The summed E-state index contributed by atoms with van der Waals surface area (Å²) in [7, 11) is -3.44. The van der Waals surface area contributed by atoms with Gasteiger partial charge in [0.2, 0.25) is 5.91 Å². The van der Waals surface area contributed by atoms with Crippen molar-refractivity contribution >= 4 is 28.5 Å². The Bertz CT molecular complexity index is 488. The minimum atomic E-state index is -3.44. The Kier molecular flexibility index (Phi) is 8.23. The number of amides is 1. The van der Waals surface area contributed by atoms with E-state index in [0.29, 0.717) is 38.6 Å². The highest BCUT2D eigenvalue weighted by Gasteiger charge is 2.37. The first-order chi connectivity index (χ1) is 10.4. The lowest BCUT2D eigenvalue weighted by Crippen LogP contribution is -2.52. The molecule has 23 heavy (non-hydrogen) atoms. The van der Waals surface area contributed by atoms with Crippen LogP contribution in [0.15, 0.2) is 0 Å². The van der Waals surface area contributed by atoms with E-state index in [2.05, 4.69) is 12.2 Å². The van der Waals surface area contributed by atoms with Gasteiger partial charge in [0, 0.05) is 39.3 Å². The van der Waals surface area contributed by atoms with Crippen molar-refractivity contribution in [2.45, 2.75) is 32.6 Å². The second kappa shape index (κ2) is 9.17. The number of nitrogens with zero attached hydrogens (tertiary/aromatic N) is 2. The normalized spacial score (nSPS) is 27.2. The van der Waals surface area contributed by atoms with Crippen LogP contribution in [0, 0.1) is 11.8 Å². The molecule has 0 aromatic rings. The van der Waals surface area contributed by atoms with E-state index in [4.69, 9.17) is 5.73 Å². The maximum atomic E-state index is 12.8. The van der Waals surface area contributed by atoms with E-state index in [1.165, 1.54) is 4.31 Å². The molecule has 3 N–H and O–H groups in total. The number of carbonyl (C=O) groups excluding carboxylic acids is 1. The number of rotatable bonds is 5. The average molecular weight is 369 g/mol. The van der Waals surface area contributed by atoms with E-state index in [1.807, 2.05) is 0 Å². The fourth-order valence-electron chi connectivity index (χ4n) is 3.22. The van der Waals surface area contributed by atoms with Gasteiger partial charge in [-0.1, -0.05) is 6.92 Å². The summed E-state index contributed by atoms with van der Waals surface area (Å²) in [4.78, 5) is 12.1. The lowest BCUT2D eigenvalue weighted by atomic mass is 9.99. The first-order valence-electron chi connectivity index (χ1n) is 8.18. The molecule has 2 saturated heterocycles. The Labute approximate surface area is 145 Å². The topological polar surface area (TPSA) is 95.7 Å². The van der Waals surface area contributed by atoms with E-state index in [0.717, 1.165) is 25.7 Å². The van der Waals surface area contributed by atoms with E-state index < -0.39 is 10.2 Å². The number of halogens is 1. The number of piperidine rings is 2. The minimum absolute atomic E-state index is 0. The van der Waals surface area contributed by atoms with Gasteiger partial charge in [-0.3, -0.25) is 4.79 Å². The van der Waals surface area contributed by atoms with Crippen LogP contribution in [-0.2, 0) is 15.0 Å². The molecule has 0 aromatic carbocycles.